The third-order valence-corrected chi connectivity index (χ3v) is 6.88. The van der Waals surface area contributed by atoms with Crippen LogP contribution in [0.3, 0.4) is 0 Å². The Labute approximate surface area is 106 Å². The van der Waals surface area contributed by atoms with Crippen molar-refractivity contribution < 1.29 is 5.11 Å². The molecule has 17 heavy (non-hydrogen) atoms. The van der Waals surface area contributed by atoms with Gasteiger partial charge in [-0.3, -0.25) is 0 Å². The van der Waals surface area contributed by atoms with Crippen molar-refractivity contribution in [3.8, 4) is 0 Å². The minimum absolute atomic E-state index is 0.0127. The topological polar surface area (TPSA) is 20.2 Å². The van der Waals surface area contributed by atoms with Gasteiger partial charge in [0.15, 0.2) is 0 Å². The highest BCUT2D eigenvalue weighted by Crippen LogP contribution is 2.63. The van der Waals surface area contributed by atoms with Crippen molar-refractivity contribution in [2.45, 2.75) is 65.4 Å². The van der Waals surface area contributed by atoms with Crippen LogP contribution in [0.1, 0.15) is 59.3 Å². The van der Waals surface area contributed by atoms with Gasteiger partial charge >= 0.3 is 0 Å². The molecular weight excluding hydrogens is 208 g/mol. The van der Waals surface area contributed by atoms with Gasteiger partial charge in [-0.2, -0.15) is 0 Å². The van der Waals surface area contributed by atoms with Crippen LogP contribution in [0.25, 0.3) is 0 Å². The molecule has 0 aromatic carbocycles. The molecule has 0 spiro atoms. The average Bonchev–Trinajstić information content (AvgIpc) is 2.81. The average molecular weight is 236 g/mol. The van der Waals surface area contributed by atoms with E-state index in [1.165, 1.54) is 25.7 Å². The lowest BCUT2D eigenvalue weighted by Gasteiger charge is -2.44. The highest BCUT2D eigenvalue weighted by Gasteiger charge is 2.56. The molecule has 3 aliphatic carbocycles. The van der Waals surface area contributed by atoms with Gasteiger partial charge in [0, 0.05) is 0 Å². The first-order chi connectivity index (χ1) is 8.00. The minimum atomic E-state index is 0.0127. The lowest BCUT2D eigenvalue weighted by atomic mass is 9.62. The molecule has 0 saturated heterocycles. The predicted octanol–water partition coefficient (Wildman–Crippen LogP) is 3.86. The summed E-state index contributed by atoms with van der Waals surface area (Å²) in [6, 6.07) is 0. The second-order valence-corrected chi connectivity index (χ2v) is 7.67. The van der Waals surface area contributed by atoms with Crippen molar-refractivity contribution in [3.05, 3.63) is 0 Å². The first-order valence-corrected chi connectivity index (χ1v) is 7.68. The van der Waals surface area contributed by atoms with Crippen molar-refractivity contribution in [3.63, 3.8) is 0 Å². The van der Waals surface area contributed by atoms with Gasteiger partial charge in [0.2, 0.25) is 0 Å². The molecule has 1 heteroatoms. The monoisotopic (exact) mass is 236 g/mol. The highest BCUT2D eigenvalue weighted by molar-refractivity contribution is 5.05. The summed E-state index contributed by atoms with van der Waals surface area (Å²) in [7, 11) is 0. The van der Waals surface area contributed by atoms with E-state index < -0.39 is 0 Å². The minimum Gasteiger partial charge on any atom is -0.393 e. The summed E-state index contributed by atoms with van der Waals surface area (Å²) in [6.45, 7) is 7.47. The standard InChI is InChI=1S/C16H28O/c1-10-14-8-12(16(10,2)3)9-15(14)11-4-6-13(17)7-5-11/h10-15,17H,4-9H2,1-3H3/t10-,11?,12+,13?,14-,15-/m1/s1. The van der Waals surface area contributed by atoms with Gasteiger partial charge in [-0.05, 0) is 73.5 Å². The molecule has 0 amide bonds. The number of fused-ring (bicyclic) bond motifs is 2. The normalized spacial score (nSPS) is 52.9. The molecule has 1 N–H and O–H groups in total. The van der Waals surface area contributed by atoms with Crippen molar-refractivity contribution >= 4 is 0 Å². The van der Waals surface area contributed by atoms with Crippen molar-refractivity contribution in [2.24, 2.45) is 35.0 Å². The third-order valence-electron chi connectivity index (χ3n) is 6.88. The van der Waals surface area contributed by atoms with Gasteiger partial charge < -0.3 is 5.11 Å². The molecule has 3 aliphatic rings. The van der Waals surface area contributed by atoms with Gasteiger partial charge in [-0.1, -0.05) is 20.8 Å². The zero-order valence-electron chi connectivity index (χ0n) is 11.7. The molecule has 2 bridgehead atoms. The predicted molar refractivity (Wildman–Crippen MR) is 70.6 cm³/mol. The quantitative estimate of drug-likeness (QED) is 0.733. The number of aliphatic hydroxyl groups excluding tert-OH is 1. The third kappa shape index (κ3) is 1.77. The van der Waals surface area contributed by atoms with Crippen molar-refractivity contribution in [2.75, 3.05) is 0 Å². The maximum absolute atomic E-state index is 9.64. The smallest absolute Gasteiger partial charge is 0.0540 e. The van der Waals surface area contributed by atoms with E-state index in [9.17, 15) is 5.11 Å². The van der Waals surface area contributed by atoms with E-state index >= 15 is 0 Å². The van der Waals surface area contributed by atoms with Crippen LogP contribution in [0.15, 0.2) is 0 Å². The Morgan fingerprint density at radius 1 is 0.941 bits per heavy atom. The highest BCUT2D eigenvalue weighted by atomic mass is 16.3. The molecule has 3 saturated carbocycles. The van der Waals surface area contributed by atoms with Crippen LogP contribution in [-0.4, -0.2) is 11.2 Å². The molecule has 0 aromatic heterocycles. The molecule has 1 nitrogen and oxygen atoms in total. The zero-order chi connectivity index (χ0) is 12.2. The Balaban J connectivity index is 1.68. The number of aliphatic hydroxyl groups is 1. The molecule has 3 fully saturated rings. The van der Waals surface area contributed by atoms with E-state index in [4.69, 9.17) is 0 Å². The molecule has 0 aromatic rings. The molecule has 0 heterocycles. The summed E-state index contributed by atoms with van der Waals surface area (Å²) in [5.41, 5.74) is 0.593. The molecule has 0 unspecified atom stereocenters. The summed E-state index contributed by atoms with van der Waals surface area (Å²) in [4.78, 5) is 0. The first-order valence-electron chi connectivity index (χ1n) is 7.68. The Morgan fingerprint density at radius 3 is 2.06 bits per heavy atom. The van der Waals surface area contributed by atoms with Crippen LogP contribution in [-0.2, 0) is 0 Å². The van der Waals surface area contributed by atoms with E-state index in [2.05, 4.69) is 20.8 Å². The van der Waals surface area contributed by atoms with Crippen LogP contribution < -0.4 is 0 Å². The number of rotatable bonds is 1. The SMILES string of the molecule is C[C@@H]1[C@H]2C[C@@H](C[C@@H]2C2CCC(O)CC2)C1(C)C. The Morgan fingerprint density at radius 2 is 1.53 bits per heavy atom. The van der Waals surface area contributed by atoms with Gasteiger partial charge in [0.05, 0.1) is 6.10 Å². The van der Waals surface area contributed by atoms with Gasteiger partial charge in [0.1, 0.15) is 0 Å². The van der Waals surface area contributed by atoms with Crippen LogP contribution in [0.2, 0.25) is 0 Å². The molecular formula is C16H28O. The second kappa shape index (κ2) is 3.98. The van der Waals surface area contributed by atoms with E-state index in [1.54, 1.807) is 0 Å². The van der Waals surface area contributed by atoms with Crippen molar-refractivity contribution in [1.82, 2.24) is 0 Å². The largest absolute Gasteiger partial charge is 0.393 e. The summed E-state index contributed by atoms with van der Waals surface area (Å²) in [6.07, 6.45) is 7.72. The molecule has 0 aliphatic heterocycles. The molecule has 0 radical (unpaired) electrons. The summed E-state index contributed by atoms with van der Waals surface area (Å²) in [5, 5.41) is 9.64. The van der Waals surface area contributed by atoms with Gasteiger partial charge in [0.25, 0.3) is 0 Å². The second-order valence-electron chi connectivity index (χ2n) is 7.67. The van der Waals surface area contributed by atoms with E-state index in [1.807, 2.05) is 0 Å². The Hall–Kier alpha value is -0.0400. The maximum atomic E-state index is 9.64. The fraction of sp³-hybridized carbons (Fsp3) is 1.00. The molecule has 98 valence electrons. The number of hydrogen-bond acceptors (Lipinski definition) is 1. The first kappa shape index (κ1) is 12.0. The Kier molecular flexibility index (Phi) is 2.81. The van der Waals surface area contributed by atoms with Gasteiger partial charge in [-0.15, -0.1) is 0 Å². The fourth-order valence-electron chi connectivity index (χ4n) is 5.28. The van der Waals surface area contributed by atoms with Crippen LogP contribution in [0, 0.1) is 35.0 Å². The van der Waals surface area contributed by atoms with Gasteiger partial charge in [-0.25, -0.2) is 0 Å². The number of hydrogen-bond donors (Lipinski definition) is 1. The molecule has 4 atom stereocenters. The lowest BCUT2D eigenvalue weighted by Crippen LogP contribution is -2.37. The van der Waals surface area contributed by atoms with Crippen LogP contribution in [0.5, 0.6) is 0 Å². The maximum Gasteiger partial charge on any atom is 0.0540 e. The summed E-state index contributed by atoms with van der Waals surface area (Å²) < 4.78 is 0. The summed E-state index contributed by atoms with van der Waals surface area (Å²) >= 11 is 0. The van der Waals surface area contributed by atoms with E-state index in [-0.39, 0.29) is 6.10 Å². The van der Waals surface area contributed by atoms with E-state index in [0.29, 0.717) is 5.41 Å². The molecule has 3 rings (SSSR count). The lowest BCUT2D eigenvalue weighted by molar-refractivity contribution is 0.0336. The van der Waals surface area contributed by atoms with Crippen LogP contribution in [0.4, 0.5) is 0 Å². The van der Waals surface area contributed by atoms with Crippen molar-refractivity contribution in [1.29, 1.82) is 0 Å². The zero-order valence-corrected chi connectivity index (χ0v) is 11.7. The Bertz CT molecular complexity index is 284. The van der Waals surface area contributed by atoms with Crippen LogP contribution >= 0.6 is 0 Å². The fourth-order valence-corrected chi connectivity index (χ4v) is 5.28. The summed E-state index contributed by atoms with van der Waals surface area (Å²) in [5.74, 6) is 4.83. The van der Waals surface area contributed by atoms with E-state index in [0.717, 1.165) is 42.4 Å².